The molecule has 0 amide bonds. The highest BCUT2D eigenvalue weighted by Crippen LogP contribution is 2.55. The topological polar surface area (TPSA) is 25.4 Å². The Balaban J connectivity index is 0.890. The fourth-order valence-electron chi connectivity index (χ4n) is 19.0. The van der Waals surface area contributed by atoms with Gasteiger partial charge in [0.15, 0.2) is 0 Å². The molecule has 0 aliphatic carbocycles. The lowest BCUT2D eigenvalue weighted by atomic mass is 9.30. The molecule has 0 fully saturated rings. The van der Waals surface area contributed by atoms with Gasteiger partial charge in [-0.05, 0) is 196 Å². The van der Waals surface area contributed by atoms with Crippen molar-refractivity contribution in [2.75, 3.05) is 24.5 Å². The van der Waals surface area contributed by atoms with Crippen LogP contribution in [0.15, 0.2) is 370 Å². The maximum absolute atomic E-state index is 7.64. The summed E-state index contributed by atoms with van der Waals surface area (Å²) in [5, 5.41) is 0. The fourth-order valence-corrected chi connectivity index (χ4v) is 19.0. The summed E-state index contributed by atoms with van der Waals surface area (Å²) in [6, 6.07) is 139. The molecule has 0 aromatic heterocycles. The van der Waals surface area contributed by atoms with Gasteiger partial charge in [0.1, 0.15) is 11.5 Å². The average molecular weight is 1550 g/mol. The van der Waals surface area contributed by atoms with Crippen LogP contribution in [0.4, 0.5) is 85.3 Å². The Morgan fingerprint density at radius 3 is 1.02 bits per heavy atom. The van der Waals surface area contributed by atoms with Crippen LogP contribution < -0.4 is 62.0 Å². The average Bonchev–Trinajstić information content (AvgIpc) is 0.680. The van der Waals surface area contributed by atoms with Gasteiger partial charge in [-0.1, -0.05) is 350 Å². The summed E-state index contributed by atoms with van der Waals surface area (Å²) in [5.74, 6) is 1.64. The summed E-state index contributed by atoms with van der Waals surface area (Å²) < 4.78 is 7.64. The van der Waals surface area contributed by atoms with Crippen LogP contribution in [0.1, 0.15) is 105 Å². The van der Waals surface area contributed by atoms with Gasteiger partial charge in [0.25, 0.3) is 13.4 Å². The minimum Gasteiger partial charge on any atom is -0.458 e. The van der Waals surface area contributed by atoms with Crippen LogP contribution in [0.3, 0.4) is 0 Å². The molecule has 120 heavy (non-hydrogen) atoms. The van der Waals surface area contributed by atoms with Crippen LogP contribution in [-0.4, -0.2) is 13.4 Å². The molecule has 4 aliphatic rings. The summed E-state index contributed by atoms with van der Waals surface area (Å²) in [7, 11) is 0. The zero-order valence-electron chi connectivity index (χ0n) is 70.5. The summed E-state index contributed by atoms with van der Waals surface area (Å²) >= 11 is 0. The zero-order chi connectivity index (χ0) is 82.1. The SMILES string of the molecule is CC(C)(C)c1ccc(-c2ccccc2N(c2ccccc2)c2cc3c4c(c2)N(c2ccccc2-c2ccc(C(C)(C)C)cc2)c2cc5c(cc2B4c2ccccc2O3)B2c3ccccc3N(c3ccccc3-c3ccc(C(C)(C)C)cc3)c3cc(N(c4ccccc4)c4ccccc4-c4ccc(C(C)(C)C)cc4)cc(c32)N5c2ccccc2)cc1. The minimum absolute atomic E-state index is 0.0136. The largest absolute Gasteiger partial charge is 0.458 e. The maximum atomic E-state index is 7.64. The van der Waals surface area contributed by atoms with Crippen molar-refractivity contribution < 1.29 is 4.74 Å². The van der Waals surface area contributed by atoms with Crippen LogP contribution >= 0.6 is 0 Å². The molecule has 20 rings (SSSR count). The van der Waals surface area contributed by atoms with E-state index in [1.54, 1.807) is 0 Å². The molecule has 6 nitrogen and oxygen atoms in total. The van der Waals surface area contributed by atoms with E-state index >= 15 is 0 Å². The summed E-state index contributed by atoms with van der Waals surface area (Å²) in [5.41, 5.74) is 37.0. The Bertz CT molecular complexity index is 6620. The molecule has 0 N–H and O–H groups in total. The third kappa shape index (κ3) is 13.1. The molecule has 582 valence electrons. The van der Waals surface area contributed by atoms with E-state index in [-0.39, 0.29) is 35.1 Å². The second-order valence-electron chi connectivity index (χ2n) is 36.9. The van der Waals surface area contributed by atoms with Gasteiger partial charge >= 0.3 is 0 Å². The van der Waals surface area contributed by atoms with Crippen molar-refractivity contribution >= 4 is 132 Å². The molecule has 0 saturated heterocycles. The van der Waals surface area contributed by atoms with Gasteiger partial charge in [-0.2, -0.15) is 0 Å². The second-order valence-corrected chi connectivity index (χ2v) is 36.9. The highest BCUT2D eigenvalue weighted by Gasteiger charge is 2.49. The van der Waals surface area contributed by atoms with Gasteiger partial charge in [0.05, 0.1) is 34.1 Å². The Morgan fingerprint density at radius 2 is 0.558 bits per heavy atom. The Kier molecular flexibility index (Phi) is 18.3. The molecule has 0 bridgehead atoms. The number of nitrogens with zero attached hydrogens (tertiary/aromatic N) is 5. The molecule has 4 aliphatic heterocycles. The van der Waals surface area contributed by atoms with E-state index in [4.69, 9.17) is 4.74 Å². The van der Waals surface area contributed by atoms with E-state index < -0.39 is 0 Å². The van der Waals surface area contributed by atoms with Crippen LogP contribution in [0.5, 0.6) is 11.5 Å². The molecule has 0 spiro atoms. The summed E-state index contributed by atoms with van der Waals surface area (Å²) in [4.78, 5) is 12.8. The van der Waals surface area contributed by atoms with E-state index in [1.165, 1.54) is 44.1 Å². The van der Waals surface area contributed by atoms with E-state index in [9.17, 15) is 0 Å². The molecule has 4 heterocycles. The molecule has 0 atom stereocenters. The minimum atomic E-state index is -0.285. The first-order valence-electron chi connectivity index (χ1n) is 42.4. The molecule has 0 unspecified atom stereocenters. The number of ether oxygens (including phenoxy) is 1. The lowest BCUT2D eigenvalue weighted by Crippen LogP contribution is -2.64. The van der Waals surface area contributed by atoms with Crippen LogP contribution in [0.2, 0.25) is 0 Å². The van der Waals surface area contributed by atoms with E-state index in [2.05, 4.69) is 478 Å². The number of para-hydroxylation sites is 9. The smallest absolute Gasteiger partial charge is 0.256 e. The summed E-state index contributed by atoms with van der Waals surface area (Å²) in [6.07, 6.45) is 0. The Morgan fingerprint density at radius 1 is 0.225 bits per heavy atom. The number of rotatable bonds is 13. The quantitative estimate of drug-likeness (QED) is 0.107. The predicted molar refractivity (Wildman–Crippen MR) is 512 cm³/mol. The van der Waals surface area contributed by atoms with Crippen molar-refractivity contribution in [2.24, 2.45) is 0 Å². The first kappa shape index (κ1) is 75.2. The van der Waals surface area contributed by atoms with E-state index in [0.29, 0.717) is 0 Å². The van der Waals surface area contributed by atoms with Gasteiger partial charge in [0, 0.05) is 79.5 Å². The van der Waals surface area contributed by atoms with Crippen LogP contribution in [0.25, 0.3) is 44.5 Å². The number of fused-ring (bicyclic) bond motifs is 8. The van der Waals surface area contributed by atoms with Crippen molar-refractivity contribution in [2.45, 2.75) is 105 Å². The number of hydrogen-bond donors (Lipinski definition) is 0. The third-order valence-corrected chi connectivity index (χ3v) is 25.1. The zero-order valence-corrected chi connectivity index (χ0v) is 70.5. The fraction of sp³-hybridized carbons (Fsp3) is 0.143. The van der Waals surface area contributed by atoms with Gasteiger partial charge in [-0.3, -0.25) is 0 Å². The number of anilines is 15. The van der Waals surface area contributed by atoms with E-state index in [1.807, 2.05) is 0 Å². The Labute approximate surface area is 709 Å². The van der Waals surface area contributed by atoms with Crippen molar-refractivity contribution in [1.82, 2.24) is 0 Å². The predicted octanol–water partition coefficient (Wildman–Crippen LogP) is 27.0. The first-order chi connectivity index (χ1) is 58.1. The van der Waals surface area contributed by atoms with E-state index in [0.717, 1.165) is 152 Å². The standard InChI is InChI=1S/C112H97B2N5O/c1-109(2,3)78-60-52-74(53-61-78)87-40-22-28-46-95(87)115(82-34-16-13-17-35-82)85-68-102-107-103(69-85)118(97-48-30-24-42-89(97)76-56-64-80(65-57-76)111(7,8)9)99-50-32-26-44-91(99)113(107)93-72-94-101(73-100(93)117(102)84-38-20-15-21-39-84)119(98-49-31-25-43-90(98)77-58-66-81(67-59-77)112(10,11)12)104-70-86(71-106-108(104)114(94)92-45-27-33-51-105(92)120-106)116(83-36-18-14-19-37-83)96-47-29-23-41-88(96)75-54-62-79(63-55-75)110(4,5)6/h13-73H,1-12H3. The lowest BCUT2D eigenvalue weighted by molar-refractivity contribution is 0.487. The molecule has 16 aromatic rings. The summed E-state index contributed by atoms with van der Waals surface area (Å²) in [6.45, 7) is 27.0. The first-order valence-corrected chi connectivity index (χ1v) is 42.4. The molecular weight excluding hydrogens is 1450 g/mol. The second kappa shape index (κ2) is 29.2. The number of hydrogen-bond acceptors (Lipinski definition) is 6. The highest BCUT2D eigenvalue weighted by molar-refractivity contribution is 7.02. The van der Waals surface area contributed by atoms with Crippen molar-refractivity contribution in [3.8, 4) is 56.0 Å². The lowest BCUT2D eigenvalue weighted by Gasteiger charge is -2.47. The van der Waals surface area contributed by atoms with Gasteiger partial charge in [0.2, 0.25) is 0 Å². The number of benzene rings is 16. The van der Waals surface area contributed by atoms with Crippen molar-refractivity contribution in [1.29, 1.82) is 0 Å². The highest BCUT2D eigenvalue weighted by atomic mass is 16.5. The molecule has 8 heteroatoms. The molecule has 16 aromatic carbocycles. The van der Waals surface area contributed by atoms with Gasteiger partial charge in [-0.25, -0.2) is 0 Å². The molecule has 0 saturated carbocycles. The maximum Gasteiger partial charge on any atom is 0.256 e. The third-order valence-electron chi connectivity index (χ3n) is 25.1. The molecule has 0 radical (unpaired) electrons. The molecular formula is C112H97B2N5O. The van der Waals surface area contributed by atoms with Gasteiger partial charge in [-0.15, -0.1) is 0 Å². The normalized spacial score (nSPS) is 13.2. The van der Waals surface area contributed by atoms with Crippen LogP contribution in [0, 0.1) is 0 Å². The monoisotopic (exact) mass is 1550 g/mol. The van der Waals surface area contributed by atoms with Crippen molar-refractivity contribution in [3.05, 3.63) is 392 Å². The van der Waals surface area contributed by atoms with Crippen molar-refractivity contribution in [3.63, 3.8) is 0 Å². The van der Waals surface area contributed by atoms with Crippen LogP contribution in [-0.2, 0) is 21.7 Å². The van der Waals surface area contributed by atoms with Gasteiger partial charge < -0.3 is 29.2 Å². The Hall–Kier alpha value is -13.6.